The maximum atomic E-state index is 14.2. The Kier molecular flexibility index (Phi) is 7.91. The van der Waals surface area contributed by atoms with Gasteiger partial charge in [-0.3, -0.25) is 14.5 Å². The number of nitrogens with zero attached hydrogens (tertiary/aromatic N) is 4. The van der Waals surface area contributed by atoms with E-state index in [0.29, 0.717) is 28.3 Å². The number of amides is 2. The highest BCUT2D eigenvalue weighted by Gasteiger charge is 2.47. The van der Waals surface area contributed by atoms with Gasteiger partial charge in [-0.1, -0.05) is 36.4 Å². The Morgan fingerprint density at radius 1 is 1.07 bits per heavy atom. The number of benzene rings is 3. The first-order valence-electron chi connectivity index (χ1n) is 13.4. The van der Waals surface area contributed by atoms with Crippen molar-refractivity contribution >= 4 is 17.6 Å². The second-order valence-electron chi connectivity index (χ2n) is 9.99. The number of alkyl halides is 3. The predicted molar refractivity (Wildman–Crippen MR) is 150 cm³/mol. The Hall–Kier alpha value is -5.18. The number of nitrogens with one attached hydrogen (secondary N) is 2. The third kappa shape index (κ3) is 5.53. The third-order valence-corrected chi connectivity index (χ3v) is 7.33. The van der Waals surface area contributed by atoms with Crippen molar-refractivity contribution in [1.82, 2.24) is 20.4 Å². The summed E-state index contributed by atoms with van der Waals surface area (Å²) in [6.45, 7) is 3.62. The number of aromatic nitrogens is 2. The van der Waals surface area contributed by atoms with Gasteiger partial charge in [0.15, 0.2) is 6.19 Å². The van der Waals surface area contributed by atoms with Gasteiger partial charge in [0.1, 0.15) is 17.7 Å². The maximum absolute atomic E-state index is 14.2. The van der Waals surface area contributed by atoms with E-state index in [2.05, 4.69) is 10.6 Å². The average molecular weight is 591 g/mol. The van der Waals surface area contributed by atoms with E-state index in [0.717, 1.165) is 18.2 Å². The summed E-state index contributed by atoms with van der Waals surface area (Å²) in [6.07, 6.45) is -2.77. The van der Waals surface area contributed by atoms with Crippen LogP contribution in [0.4, 0.5) is 23.4 Å². The summed E-state index contributed by atoms with van der Waals surface area (Å²) in [4.78, 5) is 29.1. The molecule has 12 heteroatoms. The second-order valence-corrected chi connectivity index (χ2v) is 9.99. The number of likely N-dealkylation sites (N-methyl/N-ethyl adjacent to an activating group) is 1. The minimum atomic E-state index is -4.67. The molecule has 5 rings (SSSR count). The molecule has 2 amide bonds. The SMILES string of the molecule is CCN1C(=O)[C@H](NC(=O)c2cccc(C(F)(F)F)c2)[C@@H](c2ccc(F)cc2)c2c([C@@H](C)NC#N)nn(-c3ccccc3)c21. The quantitative estimate of drug-likeness (QED) is 0.169. The smallest absolute Gasteiger partial charge is 0.339 e. The number of anilines is 1. The molecule has 0 bridgehead atoms. The van der Waals surface area contributed by atoms with E-state index in [-0.39, 0.29) is 12.1 Å². The molecule has 0 fully saturated rings. The highest BCUT2D eigenvalue weighted by molar-refractivity contribution is 6.05. The molecule has 2 N–H and O–H groups in total. The topological polar surface area (TPSA) is 103 Å². The number of carbonyl (C=O) groups excluding carboxylic acids is 2. The molecule has 2 heterocycles. The first kappa shape index (κ1) is 29.3. The number of nitriles is 1. The van der Waals surface area contributed by atoms with Gasteiger partial charge in [-0.15, -0.1) is 0 Å². The Labute approximate surface area is 244 Å². The molecule has 43 heavy (non-hydrogen) atoms. The lowest BCUT2D eigenvalue weighted by molar-refractivity contribution is -0.137. The van der Waals surface area contributed by atoms with Gasteiger partial charge in [-0.2, -0.15) is 23.5 Å². The molecule has 220 valence electrons. The van der Waals surface area contributed by atoms with Gasteiger partial charge in [-0.05, 0) is 61.9 Å². The summed E-state index contributed by atoms with van der Waals surface area (Å²) in [5, 5.41) is 19.6. The fourth-order valence-corrected chi connectivity index (χ4v) is 5.35. The van der Waals surface area contributed by atoms with Crippen LogP contribution in [0.3, 0.4) is 0 Å². The number of para-hydroxylation sites is 1. The van der Waals surface area contributed by atoms with Gasteiger partial charge in [0.2, 0.25) is 0 Å². The third-order valence-electron chi connectivity index (χ3n) is 7.33. The summed E-state index contributed by atoms with van der Waals surface area (Å²) in [7, 11) is 0. The maximum Gasteiger partial charge on any atom is 0.416 e. The van der Waals surface area contributed by atoms with Gasteiger partial charge in [-0.25, -0.2) is 9.07 Å². The van der Waals surface area contributed by atoms with Crippen LogP contribution < -0.4 is 15.5 Å². The zero-order valence-electron chi connectivity index (χ0n) is 23.1. The van der Waals surface area contributed by atoms with E-state index in [1.54, 1.807) is 42.8 Å². The number of carbonyl (C=O) groups is 2. The van der Waals surface area contributed by atoms with E-state index in [9.17, 15) is 32.4 Å². The fraction of sp³-hybridized carbons (Fsp3) is 0.226. The van der Waals surface area contributed by atoms with Crippen molar-refractivity contribution in [1.29, 1.82) is 5.26 Å². The second kappa shape index (κ2) is 11.6. The lowest BCUT2D eigenvalue weighted by atomic mass is 9.80. The van der Waals surface area contributed by atoms with E-state index in [1.807, 2.05) is 12.3 Å². The molecule has 1 aliphatic heterocycles. The first-order chi connectivity index (χ1) is 20.5. The Morgan fingerprint density at radius 2 is 1.77 bits per heavy atom. The fourth-order valence-electron chi connectivity index (χ4n) is 5.35. The summed E-state index contributed by atoms with van der Waals surface area (Å²) in [5.74, 6) is -2.48. The van der Waals surface area contributed by atoms with Crippen LogP contribution >= 0.6 is 0 Å². The zero-order valence-corrected chi connectivity index (χ0v) is 23.1. The van der Waals surface area contributed by atoms with Crippen molar-refractivity contribution in [3.8, 4) is 11.9 Å². The van der Waals surface area contributed by atoms with Crippen LogP contribution in [0, 0.1) is 17.3 Å². The minimum absolute atomic E-state index is 0.163. The van der Waals surface area contributed by atoms with Crippen molar-refractivity contribution in [3.63, 3.8) is 0 Å². The summed E-state index contributed by atoms with van der Waals surface area (Å²) >= 11 is 0. The van der Waals surface area contributed by atoms with Gasteiger partial charge >= 0.3 is 6.18 Å². The Bertz CT molecular complexity index is 1700. The van der Waals surface area contributed by atoms with Gasteiger partial charge in [0.05, 0.1) is 23.0 Å². The van der Waals surface area contributed by atoms with E-state index >= 15 is 0 Å². The van der Waals surface area contributed by atoms with Crippen LogP contribution in [0.25, 0.3) is 5.69 Å². The molecule has 0 spiro atoms. The largest absolute Gasteiger partial charge is 0.416 e. The number of hydrogen-bond acceptors (Lipinski definition) is 5. The monoisotopic (exact) mass is 590 g/mol. The first-order valence-corrected chi connectivity index (χ1v) is 13.4. The standard InChI is InChI=1S/C31H26F4N6O2/c1-3-40-29-25(26(18(2)37-17-36)39-41(29)23-10-5-4-6-11-23)24(19-12-14-22(32)15-13-19)27(30(40)43)38-28(42)20-8-7-9-21(16-20)31(33,34)35/h4-16,18,24,27,37H,3H2,1-2H3,(H,38,42)/t18-,24+,27-/m1/s1. The molecule has 0 aliphatic carbocycles. The average Bonchev–Trinajstić information content (AvgIpc) is 3.38. The van der Waals surface area contributed by atoms with Crippen LogP contribution in [0.2, 0.25) is 0 Å². The van der Waals surface area contributed by atoms with Crippen LogP contribution in [0.1, 0.15) is 58.5 Å². The minimum Gasteiger partial charge on any atom is -0.339 e. The lowest BCUT2D eigenvalue weighted by Gasteiger charge is -2.38. The predicted octanol–water partition coefficient (Wildman–Crippen LogP) is 5.46. The van der Waals surface area contributed by atoms with Gasteiger partial charge < -0.3 is 10.6 Å². The van der Waals surface area contributed by atoms with Crippen LogP contribution in [-0.4, -0.2) is 34.2 Å². The Morgan fingerprint density at radius 3 is 2.40 bits per heavy atom. The highest BCUT2D eigenvalue weighted by atomic mass is 19.4. The molecular formula is C31H26F4N6O2. The number of fused-ring (bicyclic) bond motifs is 1. The normalized spacial score (nSPS) is 17.1. The van der Waals surface area contributed by atoms with Crippen molar-refractivity contribution < 1.29 is 27.2 Å². The van der Waals surface area contributed by atoms with Crippen molar-refractivity contribution in [2.75, 3.05) is 11.4 Å². The molecule has 0 saturated heterocycles. The molecule has 8 nitrogen and oxygen atoms in total. The number of rotatable bonds is 7. The van der Waals surface area contributed by atoms with Crippen molar-refractivity contribution in [2.45, 2.75) is 38.0 Å². The molecule has 4 aromatic rings. The summed E-state index contributed by atoms with van der Waals surface area (Å²) in [5.41, 5.74) is 0.698. The molecular weight excluding hydrogens is 564 g/mol. The Balaban J connectivity index is 1.72. The van der Waals surface area contributed by atoms with Crippen LogP contribution in [0.15, 0.2) is 78.9 Å². The van der Waals surface area contributed by atoms with Gasteiger partial charge in [0, 0.05) is 23.6 Å². The van der Waals surface area contributed by atoms with Crippen molar-refractivity contribution in [2.24, 2.45) is 0 Å². The van der Waals surface area contributed by atoms with E-state index < -0.39 is 47.4 Å². The summed E-state index contributed by atoms with van der Waals surface area (Å²) < 4.78 is 55.8. The zero-order chi connectivity index (χ0) is 30.9. The molecule has 0 unspecified atom stereocenters. The van der Waals surface area contributed by atoms with E-state index in [4.69, 9.17) is 5.10 Å². The molecule has 1 aromatic heterocycles. The van der Waals surface area contributed by atoms with E-state index in [1.165, 1.54) is 35.2 Å². The highest BCUT2D eigenvalue weighted by Crippen LogP contribution is 2.45. The molecule has 1 aliphatic rings. The lowest BCUT2D eigenvalue weighted by Crippen LogP contribution is -2.55. The van der Waals surface area contributed by atoms with Crippen LogP contribution in [-0.2, 0) is 11.0 Å². The number of hydrogen-bond donors (Lipinski definition) is 2. The summed E-state index contributed by atoms with van der Waals surface area (Å²) in [6, 6.07) is 16.4. The van der Waals surface area contributed by atoms with Crippen LogP contribution in [0.5, 0.6) is 0 Å². The van der Waals surface area contributed by atoms with Gasteiger partial charge in [0.25, 0.3) is 11.8 Å². The number of halogens is 4. The van der Waals surface area contributed by atoms with Crippen molar-refractivity contribution in [3.05, 3.63) is 113 Å². The molecule has 3 atom stereocenters. The molecule has 0 saturated carbocycles. The molecule has 0 radical (unpaired) electrons. The molecule has 3 aromatic carbocycles.